The van der Waals surface area contributed by atoms with Crippen LogP contribution in [0.5, 0.6) is 0 Å². The zero-order chi connectivity index (χ0) is 16.6. The maximum Gasteiger partial charge on any atom is 0.243 e. The molecule has 0 bridgehead atoms. The van der Waals surface area contributed by atoms with Gasteiger partial charge in [0, 0.05) is 25.0 Å². The van der Waals surface area contributed by atoms with Gasteiger partial charge in [-0.05, 0) is 31.0 Å². The summed E-state index contributed by atoms with van der Waals surface area (Å²) in [7, 11) is -3.51. The molecule has 130 valence electrons. The fraction of sp³-hybridized carbons (Fsp3) is 0.333. The summed E-state index contributed by atoms with van der Waals surface area (Å²) in [4.78, 5) is 0.379. The molecule has 2 N–H and O–H groups in total. The molecule has 0 aromatic heterocycles. The molecule has 3 rings (SSSR count). The third-order valence-electron chi connectivity index (χ3n) is 4.51. The first kappa shape index (κ1) is 18.9. The zero-order valence-corrected chi connectivity index (χ0v) is 15.5. The van der Waals surface area contributed by atoms with Gasteiger partial charge >= 0.3 is 0 Å². The van der Waals surface area contributed by atoms with E-state index in [4.69, 9.17) is 5.73 Å². The van der Waals surface area contributed by atoms with E-state index >= 15 is 0 Å². The molecular weight excluding hydrogens is 344 g/mol. The molecular formula is C18H23ClN2O2S. The van der Waals surface area contributed by atoms with Gasteiger partial charge in [-0.15, -0.1) is 12.4 Å². The highest BCUT2D eigenvalue weighted by molar-refractivity contribution is 7.89. The molecule has 0 amide bonds. The maximum absolute atomic E-state index is 13.0. The smallest absolute Gasteiger partial charge is 0.243 e. The molecule has 2 atom stereocenters. The highest BCUT2D eigenvalue weighted by Crippen LogP contribution is 2.31. The lowest BCUT2D eigenvalue weighted by atomic mass is 9.95. The number of sulfonamides is 1. The molecule has 24 heavy (non-hydrogen) atoms. The van der Waals surface area contributed by atoms with Gasteiger partial charge in [-0.1, -0.05) is 48.0 Å². The van der Waals surface area contributed by atoms with Crippen LogP contribution in [0.2, 0.25) is 0 Å². The Hall–Kier alpha value is -1.40. The van der Waals surface area contributed by atoms with E-state index in [2.05, 4.69) is 0 Å². The third-order valence-corrected chi connectivity index (χ3v) is 6.50. The van der Waals surface area contributed by atoms with Crippen molar-refractivity contribution >= 4 is 22.4 Å². The van der Waals surface area contributed by atoms with Crippen LogP contribution in [0.25, 0.3) is 0 Å². The van der Waals surface area contributed by atoms with Crippen molar-refractivity contribution in [3.8, 4) is 0 Å². The van der Waals surface area contributed by atoms with Gasteiger partial charge in [0.1, 0.15) is 0 Å². The van der Waals surface area contributed by atoms with Crippen LogP contribution >= 0.6 is 12.4 Å². The Morgan fingerprint density at radius 2 is 1.71 bits per heavy atom. The van der Waals surface area contributed by atoms with E-state index in [1.165, 1.54) is 4.31 Å². The minimum Gasteiger partial charge on any atom is -0.326 e. The molecule has 0 saturated carbocycles. The fourth-order valence-electron chi connectivity index (χ4n) is 3.27. The molecule has 1 aliphatic rings. The number of hydrogen-bond donors (Lipinski definition) is 1. The number of aryl methyl sites for hydroxylation is 2. The molecule has 4 nitrogen and oxygen atoms in total. The van der Waals surface area contributed by atoms with Crippen LogP contribution in [-0.4, -0.2) is 31.9 Å². The molecule has 0 radical (unpaired) electrons. The second kappa shape index (κ2) is 7.23. The summed E-state index contributed by atoms with van der Waals surface area (Å²) in [5, 5.41) is 0. The maximum atomic E-state index is 13.0. The van der Waals surface area contributed by atoms with E-state index in [0.29, 0.717) is 18.0 Å². The van der Waals surface area contributed by atoms with Gasteiger partial charge in [-0.2, -0.15) is 4.31 Å². The van der Waals surface area contributed by atoms with Gasteiger partial charge in [0.25, 0.3) is 0 Å². The van der Waals surface area contributed by atoms with Crippen LogP contribution < -0.4 is 5.73 Å². The van der Waals surface area contributed by atoms with Crippen molar-refractivity contribution in [2.24, 2.45) is 5.73 Å². The van der Waals surface area contributed by atoms with Crippen molar-refractivity contribution in [2.45, 2.75) is 30.7 Å². The SMILES string of the molecule is Cc1ccc(S(=O)(=O)N2C[C@@H](N)[C@H](c3ccccc3)C2)c(C)c1.Cl. The van der Waals surface area contributed by atoms with E-state index in [1.807, 2.05) is 56.3 Å². The summed E-state index contributed by atoms with van der Waals surface area (Å²) in [5.41, 5.74) is 9.16. The predicted octanol–water partition coefficient (Wildman–Crippen LogP) is 2.84. The van der Waals surface area contributed by atoms with Crippen molar-refractivity contribution < 1.29 is 8.42 Å². The van der Waals surface area contributed by atoms with Crippen LogP contribution in [0, 0.1) is 13.8 Å². The van der Waals surface area contributed by atoms with Gasteiger partial charge in [-0.25, -0.2) is 8.42 Å². The summed E-state index contributed by atoms with van der Waals surface area (Å²) in [6.45, 7) is 4.58. The summed E-state index contributed by atoms with van der Waals surface area (Å²) in [6.07, 6.45) is 0. The van der Waals surface area contributed by atoms with Crippen LogP contribution in [0.4, 0.5) is 0 Å². The summed E-state index contributed by atoms with van der Waals surface area (Å²) in [6, 6.07) is 15.2. The topological polar surface area (TPSA) is 63.4 Å². The highest BCUT2D eigenvalue weighted by atomic mass is 35.5. The van der Waals surface area contributed by atoms with Crippen LogP contribution in [0.3, 0.4) is 0 Å². The van der Waals surface area contributed by atoms with Gasteiger partial charge in [0.05, 0.1) is 4.90 Å². The van der Waals surface area contributed by atoms with E-state index in [-0.39, 0.29) is 24.4 Å². The van der Waals surface area contributed by atoms with Crippen molar-refractivity contribution in [1.29, 1.82) is 0 Å². The number of rotatable bonds is 3. The number of nitrogens with zero attached hydrogens (tertiary/aromatic N) is 1. The van der Waals surface area contributed by atoms with E-state index in [1.54, 1.807) is 6.07 Å². The summed E-state index contributed by atoms with van der Waals surface area (Å²) < 4.78 is 27.4. The van der Waals surface area contributed by atoms with Gasteiger partial charge in [-0.3, -0.25) is 0 Å². The van der Waals surface area contributed by atoms with Crippen molar-refractivity contribution in [2.75, 3.05) is 13.1 Å². The number of nitrogens with two attached hydrogens (primary N) is 1. The van der Waals surface area contributed by atoms with Crippen LogP contribution in [0.1, 0.15) is 22.6 Å². The average molecular weight is 367 g/mol. The molecule has 0 aliphatic carbocycles. The minimum absolute atomic E-state index is 0. The molecule has 1 saturated heterocycles. The standard InChI is InChI=1S/C18H22N2O2S.ClH/c1-13-8-9-18(14(2)10-13)23(21,22)20-11-16(17(19)12-20)15-6-4-3-5-7-15;/h3-10,16-17H,11-12,19H2,1-2H3;1H/t16-,17+;/m0./s1. The molecule has 1 fully saturated rings. The van der Waals surface area contributed by atoms with Crippen molar-refractivity contribution in [3.63, 3.8) is 0 Å². The lowest BCUT2D eigenvalue weighted by Crippen LogP contribution is -2.32. The minimum atomic E-state index is -3.51. The molecule has 6 heteroatoms. The molecule has 0 unspecified atom stereocenters. The van der Waals surface area contributed by atoms with Gasteiger partial charge in [0.15, 0.2) is 0 Å². The van der Waals surface area contributed by atoms with E-state index in [0.717, 1.165) is 16.7 Å². The Morgan fingerprint density at radius 3 is 2.33 bits per heavy atom. The van der Waals surface area contributed by atoms with Crippen LogP contribution in [0.15, 0.2) is 53.4 Å². The highest BCUT2D eigenvalue weighted by Gasteiger charge is 2.38. The Labute approximate surface area is 150 Å². The normalized spacial score (nSPS) is 21.5. The second-order valence-electron chi connectivity index (χ2n) is 6.27. The Bertz CT molecular complexity index is 809. The Kier molecular flexibility index (Phi) is 5.71. The van der Waals surface area contributed by atoms with Crippen molar-refractivity contribution in [1.82, 2.24) is 4.31 Å². The van der Waals surface area contributed by atoms with Gasteiger partial charge in [0.2, 0.25) is 10.0 Å². The summed E-state index contributed by atoms with van der Waals surface area (Å²) >= 11 is 0. The molecule has 1 aliphatic heterocycles. The second-order valence-corrected chi connectivity index (χ2v) is 8.18. The van der Waals surface area contributed by atoms with Crippen LogP contribution in [-0.2, 0) is 10.0 Å². The third kappa shape index (κ3) is 3.49. The van der Waals surface area contributed by atoms with Crippen molar-refractivity contribution in [3.05, 3.63) is 65.2 Å². The number of halogens is 1. The zero-order valence-electron chi connectivity index (χ0n) is 13.8. The predicted molar refractivity (Wildman–Crippen MR) is 99.1 cm³/mol. The number of benzene rings is 2. The van der Waals surface area contributed by atoms with E-state index in [9.17, 15) is 8.42 Å². The lowest BCUT2D eigenvalue weighted by molar-refractivity contribution is 0.469. The quantitative estimate of drug-likeness (QED) is 0.908. The summed E-state index contributed by atoms with van der Waals surface area (Å²) in [5.74, 6) is 0.0386. The van der Waals surface area contributed by atoms with Gasteiger partial charge < -0.3 is 5.73 Å². The van der Waals surface area contributed by atoms with E-state index < -0.39 is 10.0 Å². The molecule has 2 aromatic carbocycles. The Morgan fingerprint density at radius 1 is 1.04 bits per heavy atom. The monoisotopic (exact) mass is 366 g/mol. The Balaban J connectivity index is 0.00000208. The average Bonchev–Trinajstić information content (AvgIpc) is 2.90. The number of hydrogen-bond acceptors (Lipinski definition) is 3. The fourth-order valence-corrected chi connectivity index (χ4v) is 4.98. The first-order valence-electron chi connectivity index (χ1n) is 7.77. The largest absolute Gasteiger partial charge is 0.326 e. The lowest BCUT2D eigenvalue weighted by Gasteiger charge is -2.18. The first-order chi connectivity index (χ1) is 10.9. The molecule has 1 heterocycles. The molecule has 2 aromatic rings. The first-order valence-corrected chi connectivity index (χ1v) is 9.21. The molecule has 0 spiro atoms.